The molecule has 2 aliphatic rings. The highest BCUT2D eigenvalue weighted by atomic mass is 19.4. The zero-order valence-electron chi connectivity index (χ0n) is 12.8. The Kier molecular flexibility index (Phi) is 4.56. The Hall–Kier alpha value is -1.64. The first kappa shape index (κ1) is 16.2. The topological polar surface area (TPSA) is 63.1 Å². The third kappa shape index (κ3) is 4.01. The van der Waals surface area contributed by atoms with Gasteiger partial charge in [0.05, 0.1) is 6.54 Å². The minimum atomic E-state index is -4.36. The van der Waals surface area contributed by atoms with Crippen molar-refractivity contribution in [3.05, 3.63) is 11.6 Å². The molecular weight excluding hydrogens is 311 g/mol. The van der Waals surface area contributed by atoms with Crippen LogP contribution in [-0.2, 0) is 17.8 Å². The smallest absolute Gasteiger partial charge is 0.346 e. The van der Waals surface area contributed by atoms with E-state index in [1.165, 1.54) is 0 Å². The molecule has 0 spiro atoms. The van der Waals surface area contributed by atoms with Crippen molar-refractivity contribution in [2.75, 3.05) is 26.2 Å². The van der Waals surface area contributed by atoms with Gasteiger partial charge >= 0.3 is 6.18 Å². The highest BCUT2D eigenvalue weighted by Crippen LogP contribution is 2.29. The summed E-state index contributed by atoms with van der Waals surface area (Å²) in [7, 11) is 0. The van der Waals surface area contributed by atoms with Crippen LogP contribution in [0.2, 0.25) is 0 Å². The molecule has 6 nitrogen and oxygen atoms in total. The van der Waals surface area contributed by atoms with Crippen LogP contribution in [0.3, 0.4) is 0 Å². The van der Waals surface area contributed by atoms with Crippen molar-refractivity contribution in [1.82, 2.24) is 25.0 Å². The molecule has 0 atom stereocenters. The Balaban J connectivity index is 1.46. The molecule has 3 rings (SSSR count). The third-order valence-electron chi connectivity index (χ3n) is 4.44. The molecule has 1 amide bonds. The van der Waals surface area contributed by atoms with Crippen LogP contribution in [-0.4, -0.2) is 57.9 Å². The van der Waals surface area contributed by atoms with Gasteiger partial charge in [-0.15, -0.1) is 10.2 Å². The van der Waals surface area contributed by atoms with Gasteiger partial charge in [-0.25, -0.2) is 0 Å². The number of carbonyl (C=O) groups excluding carboxylic acids is 1. The van der Waals surface area contributed by atoms with Crippen LogP contribution in [0.25, 0.3) is 0 Å². The molecule has 1 fully saturated rings. The van der Waals surface area contributed by atoms with Crippen molar-refractivity contribution < 1.29 is 18.0 Å². The Bertz CT molecular complexity index is 563. The molecule has 3 heterocycles. The number of fused-ring (bicyclic) bond motifs is 1. The molecule has 1 aromatic heterocycles. The Morgan fingerprint density at radius 2 is 1.96 bits per heavy atom. The summed E-state index contributed by atoms with van der Waals surface area (Å²) in [6.07, 6.45) is -0.576. The van der Waals surface area contributed by atoms with Crippen LogP contribution in [0.5, 0.6) is 0 Å². The summed E-state index contributed by atoms with van der Waals surface area (Å²) >= 11 is 0. The predicted molar refractivity (Wildman–Crippen MR) is 75.8 cm³/mol. The number of aryl methyl sites for hydroxylation is 1. The molecule has 128 valence electrons. The van der Waals surface area contributed by atoms with Crippen LogP contribution in [0, 0.1) is 0 Å². The van der Waals surface area contributed by atoms with Gasteiger partial charge in [-0.1, -0.05) is 0 Å². The number of likely N-dealkylation sites (tertiary alicyclic amines) is 1. The van der Waals surface area contributed by atoms with E-state index in [2.05, 4.69) is 14.8 Å². The number of nitrogens with zero attached hydrogens (tertiary/aromatic N) is 4. The summed E-state index contributed by atoms with van der Waals surface area (Å²) in [6.45, 7) is 1.09. The summed E-state index contributed by atoms with van der Waals surface area (Å²) in [5.41, 5.74) is 0. The number of amides is 1. The van der Waals surface area contributed by atoms with Gasteiger partial charge in [-0.05, 0) is 32.4 Å². The van der Waals surface area contributed by atoms with Crippen LogP contribution in [0.15, 0.2) is 0 Å². The van der Waals surface area contributed by atoms with Crippen molar-refractivity contribution in [3.8, 4) is 0 Å². The number of hydrogen-bond acceptors (Lipinski definition) is 4. The van der Waals surface area contributed by atoms with Gasteiger partial charge in [0.25, 0.3) is 0 Å². The van der Waals surface area contributed by atoms with Gasteiger partial charge in [0.2, 0.25) is 5.91 Å². The van der Waals surface area contributed by atoms with Gasteiger partial charge in [-0.3, -0.25) is 9.69 Å². The molecule has 2 aliphatic heterocycles. The molecule has 0 unspecified atom stereocenters. The van der Waals surface area contributed by atoms with Crippen molar-refractivity contribution in [2.45, 2.75) is 44.3 Å². The van der Waals surface area contributed by atoms with E-state index in [4.69, 9.17) is 0 Å². The monoisotopic (exact) mass is 331 g/mol. The van der Waals surface area contributed by atoms with Crippen molar-refractivity contribution in [3.63, 3.8) is 0 Å². The number of hydrogen-bond donors (Lipinski definition) is 1. The lowest BCUT2D eigenvalue weighted by Gasteiger charge is -2.31. The number of piperidine rings is 1. The average molecular weight is 331 g/mol. The van der Waals surface area contributed by atoms with Crippen molar-refractivity contribution in [1.29, 1.82) is 0 Å². The zero-order valence-corrected chi connectivity index (χ0v) is 12.8. The normalized spacial score (nSPS) is 19.8. The molecule has 0 saturated carbocycles. The molecule has 1 aromatic rings. The number of halogens is 3. The molecule has 23 heavy (non-hydrogen) atoms. The van der Waals surface area contributed by atoms with E-state index < -0.39 is 18.6 Å². The second-order valence-electron chi connectivity index (χ2n) is 6.17. The van der Waals surface area contributed by atoms with Gasteiger partial charge < -0.3 is 9.88 Å². The zero-order chi connectivity index (χ0) is 16.4. The third-order valence-corrected chi connectivity index (χ3v) is 4.44. The van der Waals surface area contributed by atoms with Gasteiger partial charge in [0, 0.05) is 18.9 Å². The fourth-order valence-electron chi connectivity index (χ4n) is 3.28. The lowest BCUT2D eigenvalue weighted by atomic mass is 9.96. The number of nitrogens with one attached hydrogen (secondary N) is 1. The minimum Gasteiger partial charge on any atom is -0.346 e. The molecule has 0 aliphatic carbocycles. The van der Waals surface area contributed by atoms with Crippen molar-refractivity contribution in [2.24, 2.45) is 0 Å². The SMILES string of the molecule is O=C(CN1CCC(c2nnc3n2CCC3)CC1)NCC(F)(F)F. The Labute approximate surface area is 132 Å². The number of rotatable bonds is 4. The molecule has 0 radical (unpaired) electrons. The van der Waals surface area contributed by atoms with E-state index in [0.717, 1.165) is 43.9 Å². The maximum atomic E-state index is 12.1. The summed E-state index contributed by atoms with van der Waals surface area (Å²) < 4.78 is 38.4. The summed E-state index contributed by atoms with van der Waals surface area (Å²) in [5.74, 6) is 1.82. The van der Waals surface area contributed by atoms with E-state index in [1.807, 2.05) is 10.2 Å². The van der Waals surface area contributed by atoms with Crippen LogP contribution >= 0.6 is 0 Å². The molecule has 9 heteroatoms. The first-order valence-corrected chi connectivity index (χ1v) is 7.90. The fraction of sp³-hybridized carbons (Fsp3) is 0.786. The predicted octanol–water partition coefficient (Wildman–Crippen LogP) is 1.08. The highest BCUT2D eigenvalue weighted by Gasteiger charge is 2.30. The maximum Gasteiger partial charge on any atom is 0.405 e. The first-order valence-electron chi connectivity index (χ1n) is 7.90. The largest absolute Gasteiger partial charge is 0.405 e. The van der Waals surface area contributed by atoms with E-state index in [0.29, 0.717) is 19.0 Å². The van der Waals surface area contributed by atoms with E-state index in [1.54, 1.807) is 0 Å². The van der Waals surface area contributed by atoms with Crippen LogP contribution < -0.4 is 5.32 Å². The second kappa shape index (κ2) is 6.46. The van der Waals surface area contributed by atoms with Gasteiger partial charge in [-0.2, -0.15) is 13.2 Å². The lowest BCUT2D eigenvalue weighted by molar-refractivity contribution is -0.139. The number of carbonyl (C=O) groups is 1. The number of alkyl halides is 3. The molecule has 0 bridgehead atoms. The average Bonchev–Trinajstić information content (AvgIpc) is 3.08. The van der Waals surface area contributed by atoms with E-state index in [9.17, 15) is 18.0 Å². The lowest BCUT2D eigenvalue weighted by Crippen LogP contribution is -2.43. The highest BCUT2D eigenvalue weighted by molar-refractivity contribution is 5.78. The van der Waals surface area contributed by atoms with Crippen LogP contribution in [0.4, 0.5) is 13.2 Å². The second-order valence-corrected chi connectivity index (χ2v) is 6.17. The van der Waals surface area contributed by atoms with E-state index in [-0.39, 0.29) is 6.54 Å². The maximum absolute atomic E-state index is 12.1. The summed E-state index contributed by atoms with van der Waals surface area (Å²) in [5, 5.41) is 10.4. The van der Waals surface area contributed by atoms with Crippen LogP contribution in [0.1, 0.15) is 36.8 Å². The Morgan fingerprint density at radius 3 is 2.65 bits per heavy atom. The molecular formula is C14H20F3N5O. The molecule has 1 saturated heterocycles. The van der Waals surface area contributed by atoms with Gasteiger partial charge in [0.1, 0.15) is 18.2 Å². The van der Waals surface area contributed by atoms with E-state index >= 15 is 0 Å². The number of aromatic nitrogens is 3. The first-order chi connectivity index (χ1) is 10.9. The van der Waals surface area contributed by atoms with Crippen molar-refractivity contribution >= 4 is 5.91 Å². The Morgan fingerprint density at radius 1 is 1.22 bits per heavy atom. The fourth-order valence-corrected chi connectivity index (χ4v) is 3.28. The standard InChI is InChI=1S/C14H20F3N5O/c15-14(16,17)9-18-12(23)8-21-6-3-10(4-7-21)13-20-19-11-2-1-5-22(11)13/h10H,1-9H2,(H,18,23). The summed E-state index contributed by atoms with van der Waals surface area (Å²) in [6, 6.07) is 0. The molecule has 1 N–H and O–H groups in total. The van der Waals surface area contributed by atoms with Gasteiger partial charge in [0.15, 0.2) is 0 Å². The summed E-state index contributed by atoms with van der Waals surface area (Å²) in [4.78, 5) is 13.4. The molecule has 0 aromatic carbocycles. The quantitative estimate of drug-likeness (QED) is 0.897. The minimum absolute atomic E-state index is 0.0146.